The molecule has 0 aliphatic heterocycles. The van der Waals surface area contributed by atoms with E-state index in [4.69, 9.17) is 0 Å². The van der Waals surface area contributed by atoms with E-state index in [0.29, 0.717) is 5.92 Å². The Kier molecular flexibility index (Phi) is 4.74. The van der Waals surface area contributed by atoms with Crippen molar-refractivity contribution in [3.63, 3.8) is 0 Å². The Balaban J connectivity index is 1.50. The molecule has 0 amide bonds. The molecule has 0 atom stereocenters. The molecule has 1 aliphatic rings. The smallest absolute Gasteiger partial charge is 0.0159 e. The van der Waals surface area contributed by atoms with Crippen LogP contribution in [0.1, 0.15) is 50.3 Å². The monoisotopic (exact) mass is 438 g/mol. The molecule has 1 aliphatic carbocycles. The lowest BCUT2D eigenvalue weighted by molar-refractivity contribution is 0.660. The Morgan fingerprint density at radius 1 is 0.500 bits per heavy atom. The Bertz CT molecular complexity index is 1530. The van der Waals surface area contributed by atoms with E-state index in [9.17, 15) is 0 Å². The zero-order valence-corrected chi connectivity index (χ0v) is 20.4. The average molecular weight is 439 g/mol. The van der Waals surface area contributed by atoms with Gasteiger partial charge >= 0.3 is 0 Å². The Hall–Kier alpha value is -3.64. The van der Waals surface area contributed by atoms with Gasteiger partial charge in [0.25, 0.3) is 0 Å². The van der Waals surface area contributed by atoms with Gasteiger partial charge in [-0.15, -0.1) is 0 Å². The second-order valence-electron chi connectivity index (χ2n) is 10.4. The molecule has 0 bridgehead atoms. The predicted molar refractivity (Wildman–Crippen MR) is 146 cm³/mol. The van der Waals surface area contributed by atoms with Crippen molar-refractivity contribution in [1.29, 1.82) is 0 Å². The van der Waals surface area contributed by atoms with Gasteiger partial charge in [-0.25, -0.2) is 0 Å². The highest BCUT2D eigenvalue weighted by molar-refractivity contribution is 6.05. The zero-order valence-electron chi connectivity index (χ0n) is 20.4. The SMILES string of the molecule is CC(C)c1ccc(-c2ccc(-c3ccc4c(c3)C(C)(C)c3ccccc3-4)c3ccccc23)cc1. The first-order chi connectivity index (χ1) is 16.4. The molecule has 0 fully saturated rings. The van der Waals surface area contributed by atoms with Gasteiger partial charge in [0, 0.05) is 5.41 Å². The van der Waals surface area contributed by atoms with Crippen molar-refractivity contribution in [2.75, 3.05) is 0 Å². The molecule has 0 N–H and O–H groups in total. The van der Waals surface area contributed by atoms with E-state index in [0.717, 1.165) is 0 Å². The minimum atomic E-state index is 0.00976. The molecular formula is C34H30. The lowest BCUT2D eigenvalue weighted by Gasteiger charge is -2.22. The highest BCUT2D eigenvalue weighted by Gasteiger charge is 2.35. The van der Waals surface area contributed by atoms with Crippen molar-refractivity contribution in [1.82, 2.24) is 0 Å². The molecule has 0 saturated carbocycles. The van der Waals surface area contributed by atoms with Crippen LogP contribution >= 0.6 is 0 Å². The number of rotatable bonds is 3. The molecule has 0 radical (unpaired) electrons. The molecule has 34 heavy (non-hydrogen) atoms. The Morgan fingerprint density at radius 3 is 1.71 bits per heavy atom. The van der Waals surface area contributed by atoms with Crippen LogP contribution in [0, 0.1) is 0 Å². The lowest BCUT2D eigenvalue weighted by Crippen LogP contribution is -2.14. The summed E-state index contributed by atoms with van der Waals surface area (Å²) in [6.07, 6.45) is 0. The summed E-state index contributed by atoms with van der Waals surface area (Å²) >= 11 is 0. The van der Waals surface area contributed by atoms with Gasteiger partial charge < -0.3 is 0 Å². The molecule has 5 aromatic rings. The summed E-state index contributed by atoms with van der Waals surface area (Å²) < 4.78 is 0. The van der Waals surface area contributed by atoms with E-state index in [-0.39, 0.29) is 5.41 Å². The van der Waals surface area contributed by atoms with Crippen molar-refractivity contribution in [3.8, 4) is 33.4 Å². The van der Waals surface area contributed by atoms with Crippen LogP contribution in [0.2, 0.25) is 0 Å². The molecule has 166 valence electrons. The summed E-state index contributed by atoms with van der Waals surface area (Å²) in [6, 6.07) is 38.4. The van der Waals surface area contributed by atoms with Crippen molar-refractivity contribution in [2.24, 2.45) is 0 Å². The van der Waals surface area contributed by atoms with E-state index >= 15 is 0 Å². The summed E-state index contributed by atoms with van der Waals surface area (Å²) in [7, 11) is 0. The fourth-order valence-corrected chi connectivity index (χ4v) is 5.72. The van der Waals surface area contributed by atoms with Gasteiger partial charge in [0.15, 0.2) is 0 Å². The van der Waals surface area contributed by atoms with Crippen LogP contribution < -0.4 is 0 Å². The van der Waals surface area contributed by atoms with Gasteiger partial charge in [0.2, 0.25) is 0 Å². The first kappa shape index (κ1) is 20.9. The van der Waals surface area contributed by atoms with Gasteiger partial charge in [-0.2, -0.15) is 0 Å². The number of benzene rings is 5. The number of fused-ring (bicyclic) bond motifs is 4. The van der Waals surface area contributed by atoms with Gasteiger partial charge in [-0.05, 0) is 72.8 Å². The third-order valence-electron chi connectivity index (χ3n) is 7.71. The van der Waals surface area contributed by atoms with Crippen LogP contribution in [0.3, 0.4) is 0 Å². The number of hydrogen-bond donors (Lipinski definition) is 0. The van der Waals surface area contributed by atoms with E-state index in [2.05, 4.69) is 131 Å². The van der Waals surface area contributed by atoms with Crippen molar-refractivity contribution >= 4 is 10.8 Å². The standard InChI is InChI=1S/C34H30/c1-22(2)23-13-15-24(16-14-23)26-19-20-27(29-10-6-5-9-28(26)29)25-17-18-31-30-11-7-8-12-32(30)34(3,4)33(31)21-25/h5-22H,1-4H3. The Labute approximate surface area is 202 Å². The first-order valence-corrected chi connectivity index (χ1v) is 12.3. The van der Waals surface area contributed by atoms with E-state index in [1.54, 1.807) is 0 Å². The van der Waals surface area contributed by atoms with Gasteiger partial charge in [0.1, 0.15) is 0 Å². The maximum absolute atomic E-state index is 2.42. The molecular weight excluding hydrogens is 408 g/mol. The molecule has 0 saturated heterocycles. The summed E-state index contributed by atoms with van der Waals surface area (Å²) in [5, 5.41) is 2.61. The highest BCUT2D eigenvalue weighted by Crippen LogP contribution is 2.50. The summed E-state index contributed by atoms with van der Waals surface area (Å²) in [5.74, 6) is 0.545. The van der Waals surface area contributed by atoms with Gasteiger partial charge in [-0.3, -0.25) is 0 Å². The molecule has 5 aromatic carbocycles. The molecule has 6 rings (SSSR count). The molecule has 0 spiro atoms. The van der Waals surface area contributed by atoms with E-state index in [1.807, 2.05) is 0 Å². The summed E-state index contributed by atoms with van der Waals surface area (Å²) in [6.45, 7) is 9.19. The minimum Gasteiger partial charge on any atom is -0.0619 e. The number of hydrogen-bond acceptors (Lipinski definition) is 0. The van der Waals surface area contributed by atoms with Crippen molar-refractivity contribution in [3.05, 3.63) is 120 Å². The molecule has 0 heterocycles. The second kappa shape index (κ2) is 7.71. The van der Waals surface area contributed by atoms with Gasteiger partial charge in [-0.1, -0.05) is 125 Å². The topological polar surface area (TPSA) is 0 Å². The van der Waals surface area contributed by atoms with Crippen molar-refractivity contribution in [2.45, 2.75) is 39.0 Å². The van der Waals surface area contributed by atoms with E-state index < -0.39 is 0 Å². The maximum atomic E-state index is 2.42. The minimum absolute atomic E-state index is 0.00976. The predicted octanol–water partition coefficient (Wildman–Crippen LogP) is 9.60. The van der Waals surface area contributed by atoms with Crippen LogP contribution in [0.5, 0.6) is 0 Å². The van der Waals surface area contributed by atoms with Gasteiger partial charge in [0.05, 0.1) is 0 Å². The highest BCUT2D eigenvalue weighted by atomic mass is 14.4. The fraction of sp³-hybridized carbons (Fsp3) is 0.176. The first-order valence-electron chi connectivity index (χ1n) is 12.3. The summed E-state index contributed by atoms with van der Waals surface area (Å²) in [5.41, 5.74) is 12.1. The van der Waals surface area contributed by atoms with Crippen LogP contribution in [-0.2, 0) is 5.41 Å². The molecule has 0 nitrogen and oxygen atoms in total. The van der Waals surface area contributed by atoms with E-state index in [1.165, 1.54) is 60.8 Å². The zero-order chi connectivity index (χ0) is 23.4. The lowest BCUT2D eigenvalue weighted by atomic mass is 9.81. The molecule has 0 heteroatoms. The average Bonchev–Trinajstić information content (AvgIpc) is 3.10. The van der Waals surface area contributed by atoms with Crippen LogP contribution in [0.4, 0.5) is 0 Å². The quantitative estimate of drug-likeness (QED) is 0.263. The van der Waals surface area contributed by atoms with Crippen LogP contribution in [-0.4, -0.2) is 0 Å². The van der Waals surface area contributed by atoms with Crippen LogP contribution in [0.25, 0.3) is 44.2 Å². The fourth-order valence-electron chi connectivity index (χ4n) is 5.72. The summed E-state index contributed by atoms with van der Waals surface area (Å²) in [4.78, 5) is 0. The third kappa shape index (κ3) is 3.13. The Morgan fingerprint density at radius 2 is 1.03 bits per heavy atom. The normalized spacial score (nSPS) is 13.8. The van der Waals surface area contributed by atoms with Crippen molar-refractivity contribution < 1.29 is 0 Å². The molecule has 0 unspecified atom stereocenters. The second-order valence-corrected chi connectivity index (χ2v) is 10.4. The van der Waals surface area contributed by atoms with Crippen LogP contribution in [0.15, 0.2) is 103 Å². The molecule has 0 aromatic heterocycles. The maximum Gasteiger partial charge on any atom is 0.0159 e. The largest absolute Gasteiger partial charge is 0.0619 e. The third-order valence-corrected chi connectivity index (χ3v) is 7.71.